The lowest BCUT2D eigenvalue weighted by atomic mass is 9.94. The highest BCUT2D eigenvalue weighted by atomic mass is 16.5. The van der Waals surface area contributed by atoms with E-state index in [0.29, 0.717) is 12.7 Å². The predicted octanol–water partition coefficient (Wildman–Crippen LogP) is 0.790. The summed E-state index contributed by atoms with van der Waals surface area (Å²) in [6, 6.07) is 0. The molecule has 0 spiro atoms. The van der Waals surface area contributed by atoms with Gasteiger partial charge in [0.15, 0.2) is 6.29 Å². The summed E-state index contributed by atoms with van der Waals surface area (Å²) in [6.45, 7) is 3.34. The minimum Gasteiger partial charge on any atom is -0.469 e. The third-order valence-corrected chi connectivity index (χ3v) is 2.03. The molecule has 0 rings (SSSR count). The summed E-state index contributed by atoms with van der Waals surface area (Å²) in [5.74, 6) is -0.662. The number of carbonyl (C=O) groups is 2. The largest absolute Gasteiger partial charge is 0.469 e. The van der Waals surface area contributed by atoms with Crippen molar-refractivity contribution < 1.29 is 19.1 Å². The van der Waals surface area contributed by atoms with Crippen molar-refractivity contribution in [3.05, 3.63) is 0 Å². The number of methoxy groups -OCH3 is 2. The first-order valence-corrected chi connectivity index (χ1v) is 4.08. The number of carbonyl (C=O) groups excluding carboxylic acids is 2. The summed E-state index contributed by atoms with van der Waals surface area (Å²) in [7, 11) is 2.77. The number of esters is 1. The van der Waals surface area contributed by atoms with E-state index in [1.807, 2.05) is 0 Å². The molecule has 0 N–H and O–H groups in total. The zero-order valence-electron chi connectivity index (χ0n) is 8.49. The molecule has 0 heterocycles. The molecule has 0 saturated heterocycles. The summed E-state index contributed by atoms with van der Waals surface area (Å²) in [5, 5.41) is 0. The van der Waals surface area contributed by atoms with Gasteiger partial charge in [0.1, 0.15) is 5.60 Å². The van der Waals surface area contributed by atoms with Crippen LogP contribution in [0.3, 0.4) is 0 Å². The van der Waals surface area contributed by atoms with Crippen molar-refractivity contribution in [1.82, 2.24) is 0 Å². The van der Waals surface area contributed by atoms with Gasteiger partial charge in [0, 0.05) is 7.11 Å². The van der Waals surface area contributed by atoms with Crippen molar-refractivity contribution in [3.63, 3.8) is 0 Å². The van der Waals surface area contributed by atoms with Crippen molar-refractivity contribution in [2.24, 2.45) is 5.92 Å². The predicted molar refractivity (Wildman–Crippen MR) is 47.3 cm³/mol. The molecule has 2 unspecified atom stereocenters. The van der Waals surface area contributed by atoms with Crippen molar-refractivity contribution in [2.45, 2.75) is 25.9 Å². The van der Waals surface area contributed by atoms with E-state index < -0.39 is 5.60 Å². The summed E-state index contributed by atoms with van der Waals surface area (Å²) < 4.78 is 9.51. The molecule has 0 amide bonds. The van der Waals surface area contributed by atoms with Crippen LogP contribution < -0.4 is 0 Å². The van der Waals surface area contributed by atoms with Crippen LogP contribution in [0.5, 0.6) is 0 Å². The van der Waals surface area contributed by atoms with Gasteiger partial charge in [-0.05, 0) is 13.3 Å². The van der Waals surface area contributed by atoms with Crippen LogP contribution in [0.1, 0.15) is 20.3 Å². The minimum absolute atomic E-state index is 0.329. The molecule has 0 radical (unpaired) electrons. The van der Waals surface area contributed by atoms with Crippen LogP contribution in [-0.2, 0) is 19.1 Å². The van der Waals surface area contributed by atoms with Crippen LogP contribution in [0.4, 0.5) is 0 Å². The van der Waals surface area contributed by atoms with Gasteiger partial charge in [-0.2, -0.15) is 0 Å². The normalized spacial score (nSPS) is 17.2. The van der Waals surface area contributed by atoms with Gasteiger partial charge in [0.05, 0.1) is 13.0 Å². The van der Waals surface area contributed by atoms with Crippen molar-refractivity contribution >= 4 is 12.3 Å². The second-order valence-corrected chi connectivity index (χ2v) is 3.26. The SMILES string of the molecule is COC(=O)C(C)CC(C)(C=O)OC. The van der Waals surface area contributed by atoms with Crippen LogP contribution in [0.2, 0.25) is 0 Å². The Morgan fingerprint density at radius 3 is 2.38 bits per heavy atom. The fraction of sp³-hybridized carbons (Fsp3) is 0.778. The second-order valence-electron chi connectivity index (χ2n) is 3.26. The van der Waals surface area contributed by atoms with Gasteiger partial charge in [0.25, 0.3) is 0 Å². The van der Waals surface area contributed by atoms with Gasteiger partial charge in [-0.1, -0.05) is 6.92 Å². The molecule has 0 aromatic heterocycles. The van der Waals surface area contributed by atoms with E-state index in [9.17, 15) is 9.59 Å². The molecule has 0 aromatic carbocycles. The topological polar surface area (TPSA) is 52.6 Å². The van der Waals surface area contributed by atoms with Gasteiger partial charge < -0.3 is 14.3 Å². The molecule has 0 aliphatic heterocycles. The molecule has 76 valence electrons. The number of rotatable bonds is 5. The van der Waals surface area contributed by atoms with Gasteiger partial charge in [0.2, 0.25) is 0 Å². The highest BCUT2D eigenvalue weighted by Gasteiger charge is 2.29. The summed E-state index contributed by atoms with van der Waals surface area (Å²) in [4.78, 5) is 21.7. The van der Waals surface area contributed by atoms with Crippen LogP contribution in [-0.4, -0.2) is 32.1 Å². The van der Waals surface area contributed by atoms with Crippen molar-refractivity contribution in [3.8, 4) is 0 Å². The Bertz CT molecular complexity index is 190. The van der Waals surface area contributed by atoms with Crippen LogP contribution in [0.15, 0.2) is 0 Å². The third kappa shape index (κ3) is 3.55. The molecule has 0 aromatic rings. The Morgan fingerprint density at radius 1 is 1.54 bits per heavy atom. The molecule has 13 heavy (non-hydrogen) atoms. The van der Waals surface area contributed by atoms with Crippen LogP contribution in [0.25, 0.3) is 0 Å². The fourth-order valence-corrected chi connectivity index (χ4v) is 1.07. The first-order valence-electron chi connectivity index (χ1n) is 4.08. The maximum atomic E-state index is 11.0. The molecular formula is C9H16O4. The highest BCUT2D eigenvalue weighted by Crippen LogP contribution is 2.18. The Kier molecular flexibility index (Phi) is 4.62. The number of hydrogen-bond donors (Lipinski definition) is 0. The summed E-state index contributed by atoms with van der Waals surface area (Å²) >= 11 is 0. The molecule has 0 aliphatic carbocycles. The molecule has 0 bridgehead atoms. The lowest BCUT2D eigenvalue weighted by molar-refractivity contribution is -0.148. The molecule has 4 nitrogen and oxygen atoms in total. The first-order chi connectivity index (χ1) is 5.99. The molecule has 4 heteroatoms. The third-order valence-electron chi connectivity index (χ3n) is 2.03. The molecular weight excluding hydrogens is 172 g/mol. The van der Waals surface area contributed by atoms with Gasteiger partial charge in [-0.3, -0.25) is 4.79 Å². The van der Waals surface area contributed by atoms with Gasteiger partial charge >= 0.3 is 5.97 Å². The van der Waals surface area contributed by atoms with E-state index in [-0.39, 0.29) is 11.9 Å². The van der Waals surface area contributed by atoms with E-state index in [1.165, 1.54) is 14.2 Å². The fourth-order valence-electron chi connectivity index (χ4n) is 1.07. The maximum Gasteiger partial charge on any atom is 0.308 e. The van der Waals surface area contributed by atoms with E-state index in [1.54, 1.807) is 13.8 Å². The maximum absolute atomic E-state index is 11.0. The molecule has 2 atom stereocenters. The van der Waals surface area contributed by atoms with Crippen molar-refractivity contribution in [1.29, 1.82) is 0 Å². The average molecular weight is 188 g/mol. The lowest BCUT2D eigenvalue weighted by Crippen LogP contribution is -2.33. The quantitative estimate of drug-likeness (QED) is 0.473. The van der Waals surface area contributed by atoms with E-state index in [2.05, 4.69) is 4.74 Å². The van der Waals surface area contributed by atoms with Crippen molar-refractivity contribution in [2.75, 3.05) is 14.2 Å². The van der Waals surface area contributed by atoms with Crippen LogP contribution >= 0.6 is 0 Å². The Morgan fingerprint density at radius 2 is 2.08 bits per heavy atom. The monoisotopic (exact) mass is 188 g/mol. The number of hydrogen-bond acceptors (Lipinski definition) is 4. The van der Waals surface area contributed by atoms with E-state index in [4.69, 9.17) is 4.74 Å². The lowest BCUT2D eigenvalue weighted by Gasteiger charge is -2.23. The summed E-state index contributed by atoms with van der Waals surface area (Å²) in [6.07, 6.45) is 1.03. The van der Waals surface area contributed by atoms with Gasteiger partial charge in [-0.25, -0.2) is 0 Å². The van der Waals surface area contributed by atoms with E-state index >= 15 is 0 Å². The van der Waals surface area contributed by atoms with Crippen LogP contribution in [0, 0.1) is 5.92 Å². The zero-order valence-corrected chi connectivity index (χ0v) is 8.49. The Hall–Kier alpha value is -0.900. The molecule has 0 saturated carbocycles. The standard InChI is InChI=1S/C9H16O4/c1-7(8(11)12-3)5-9(2,6-10)13-4/h6-7H,5H2,1-4H3. The van der Waals surface area contributed by atoms with E-state index in [0.717, 1.165) is 0 Å². The Balaban J connectivity index is 4.24. The van der Waals surface area contributed by atoms with Gasteiger partial charge in [-0.15, -0.1) is 0 Å². The number of aldehydes is 1. The molecule has 0 fully saturated rings. The number of ether oxygens (including phenoxy) is 2. The average Bonchev–Trinajstić information content (AvgIpc) is 2.16. The minimum atomic E-state index is -0.895. The molecule has 0 aliphatic rings. The smallest absolute Gasteiger partial charge is 0.308 e. The summed E-state index contributed by atoms with van der Waals surface area (Å²) in [5.41, 5.74) is -0.895. The zero-order chi connectivity index (χ0) is 10.5. The Labute approximate surface area is 78.2 Å². The second kappa shape index (κ2) is 4.97. The first kappa shape index (κ1) is 12.1. The highest BCUT2D eigenvalue weighted by molar-refractivity contribution is 5.73.